The Bertz CT molecular complexity index is 1570. The van der Waals surface area contributed by atoms with Crippen molar-refractivity contribution in [2.75, 3.05) is 41.8 Å². The molecule has 0 spiro atoms. The molecule has 0 radical (unpaired) electrons. The predicted octanol–water partition coefficient (Wildman–Crippen LogP) is 3.61. The monoisotopic (exact) mass is 550 g/mol. The lowest BCUT2D eigenvalue weighted by molar-refractivity contribution is -0.144. The maximum atomic E-state index is 13.4. The number of alkyl halides is 3. The number of hydrogen-bond acceptors (Lipinski definition) is 10. The summed E-state index contributed by atoms with van der Waals surface area (Å²) >= 11 is 0. The Morgan fingerprint density at radius 2 is 1.73 bits per heavy atom. The molecular weight excluding hydrogens is 529 g/mol. The van der Waals surface area contributed by atoms with Crippen molar-refractivity contribution in [1.82, 2.24) is 20.2 Å². The summed E-state index contributed by atoms with van der Waals surface area (Å²) in [6.07, 6.45) is -4.89. The fourth-order valence-corrected chi connectivity index (χ4v) is 4.36. The zero-order chi connectivity index (χ0) is 27.7. The molecule has 4 aromatic rings. The van der Waals surface area contributed by atoms with E-state index in [0.717, 1.165) is 17.3 Å². The van der Waals surface area contributed by atoms with Crippen molar-refractivity contribution < 1.29 is 27.1 Å². The van der Waals surface area contributed by atoms with Gasteiger partial charge in [0.25, 0.3) is 11.8 Å². The van der Waals surface area contributed by atoms with Crippen LogP contribution in [0.5, 0.6) is 0 Å². The van der Waals surface area contributed by atoms with Gasteiger partial charge in [0, 0.05) is 30.4 Å². The summed E-state index contributed by atoms with van der Waals surface area (Å²) < 4.78 is 51.2. The predicted molar refractivity (Wildman–Crippen MR) is 138 cm³/mol. The Morgan fingerprint density at radius 3 is 2.50 bits per heavy atom. The van der Waals surface area contributed by atoms with Gasteiger partial charge in [0.15, 0.2) is 0 Å². The summed E-state index contributed by atoms with van der Waals surface area (Å²) in [7, 11) is 0. The molecule has 2 aromatic carbocycles. The number of halogens is 3. The van der Waals surface area contributed by atoms with Gasteiger partial charge >= 0.3 is 12.2 Å². The van der Waals surface area contributed by atoms with Gasteiger partial charge in [0.05, 0.1) is 30.2 Å². The van der Waals surface area contributed by atoms with Crippen LogP contribution < -0.4 is 15.5 Å². The molecule has 2 aromatic heterocycles. The van der Waals surface area contributed by atoms with Crippen LogP contribution in [0.1, 0.15) is 17.0 Å². The van der Waals surface area contributed by atoms with Crippen LogP contribution in [-0.2, 0) is 15.7 Å². The Labute approximate surface area is 225 Å². The number of aliphatic imine (C=N–C) groups is 1. The van der Waals surface area contributed by atoms with Crippen molar-refractivity contribution in [3.63, 3.8) is 0 Å². The maximum absolute atomic E-state index is 13.4. The minimum Gasteiger partial charge on any atom is -0.403 e. The number of carbonyl (C=O) groups excluding carboxylic acids is 1. The Balaban J connectivity index is 1.34. The van der Waals surface area contributed by atoms with E-state index in [1.807, 2.05) is 42.5 Å². The standard InChI is InChI=1S/C26H21F3N8O3/c27-26(28,29)24-30-14-17(21(34-24)37-10-12-39-13-11-37)23-35-36-25(40-23)33-20-22(38)31-18-9-5-4-8-16(18)19(32-20)15-6-2-1-3-7-15/h1-9,14,20H,10-13H2,(H,31,38)(H,33,36). The van der Waals surface area contributed by atoms with Crippen molar-refractivity contribution in [2.24, 2.45) is 4.99 Å². The number of aromatic nitrogens is 4. The van der Waals surface area contributed by atoms with Gasteiger partial charge in [-0.25, -0.2) is 15.0 Å². The molecule has 2 aliphatic heterocycles. The third kappa shape index (κ3) is 5.08. The van der Waals surface area contributed by atoms with E-state index >= 15 is 0 Å². The number of nitrogens with zero attached hydrogens (tertiary/aromatic N) is 6. The van der Waals surface area contributed by atoms with Gasteiger partial charge in [-0.1, -0.05) is 53.6 Å². The number of para-hydroxylation sites is 1. The molecule has 0 bridgehead atoms. The molecule has 1 saturated heterocycles. The lowest BCUT2D eigenvalue weighted by Crippen LogP contribution is -2.37. The lowest BCUT2D eigenvalue weighted by atomic mass is 10.0. The largest absolute Gasteiger partial charge is 0.451 e. The van der Waals surface area contributed by atoms with Crippen molar-refractivity contribution >= 4 is 29.1 Å². The second-order valence-electron chi connectivity index (χ2n) is 8.87. The quantitative estimate of drug-likeness (QED) is 0.383. The average Bonchev–Trinajstić information content (AvgIpc) is 3.38. The van der Waals surface area contributed by atoms with Crippen LogP contribution in [0.4, 0.5) is 30.7 Å². The number of amides is 1. The van der Waals surface area contributed by atoms with Crippen molar-refractivity contribution in [1.29, 1.82) is 0 Å². The molecule has 11 nitrogen and oxygen atoms in total. The van der Waals surface area contributed by atoms with Crippen LogP contribution in [0.15, 0.2) is 70.2 Å². The molecular formula is C26H21F3N8O3. The van der Waals surface area contributed by atoms with Crippen LogP contribution in [0.3, 0.4) is 0 Å². The number of nitrogens with one attached hydrogen (secondary N) is 2. The number of morpholine rings is 1. The summed E-state index contributed by atoms with van der Waals surface area (Å²) in [4.78, 5) is 26.6. The molecule has 204 valence electrons. The highest BCUT2D eigenvalue weighted by Crippen LogP contribution is 2.34. The zero-order valence-corrected chi connectivity index (χ0v) is 20.7. The molecule has 1 atom stereocenters. The number of ether oxygens (including phenoxy) is 1. The van der Waals surface area contributed by atoms with Gasteiger partial charge < -0.3 is 24.7 Å². The van der Waals surface area contributed by atoms with Crippen molar-refractivity contribution in [2.45, 2.75) is 12.3 Å². The number of carbonyl (C=O) groups is 1. The molecule has 0 saturated carbocycles. The van der Waals surface area contributed by atoms with Crippen LogP contribution >= 0.6 is 0 Å². The number of anilines is 3. The second kappa shape index (κ2) is 10.4. The van der Waals surface area contributed by atoms with E-state index in [9.17, 15) is 18.0 Å². The van der Waals surface area contributed by atoms with Gasteiger partial charge in [-0.15, -0.1) is 5.10 Å². The van der Waals surface area contributed by atoms with Gasteiger partial charge in [-0.05, 0) is 6.07 Å². The first kappa shape index (κ1) is 25.4. The van der Waals surface area contributed by atoms with E-state index in [4.69, 9.17) is 9.15 Å². The lowest BCUT2D eigenvalue weighted by Gasteiger charge is -2.29. The number of rotatable bonds is 5. The molecule has 1 amide bonds. The number of hydrogen-bond donors (Lipinski definition) is 2. The summed E-state index contributed by atoms with van der Waals surface area (Å²) in [5.74, 6) is -1.88. The molecule has 1 fully saturated rings. The van der Waals surface area contributed by atoms with E-state index in [1.54, 1.807) is 17.0 Å². The molecule has 0 aliphatic carbocycles. The van der Waals surface area contributed by atoms with Crippen LogP contribution in [0.25, 0.3) is 11.5 Å². The smallest absolute Gasteiger partial charge is 0.403 e. The maximum Gasteiger partial charge on any atom is 0.451 e. The van der Waals surface area contributed by atoms with E-state index in [2.05, 4.69) is 35.8 Å². The summed E-state index contributed by atoms with van der Waals surface area (Å²) in [6, 6.07) is 16.5. The fourth-order valence-electron chi connectivity index (χ4n) is 4.36. The van der Waals surface area contributed by atoms with E-state index in [-0.39, 0.29) is 23.3 Å². The van der Waals surface area contributed by atoms with E-state index in [1.165, 1.54) is 0 Å². The number of benzene rings is 2. The average molecular weight is 551 g/mol. The third-order valence-electron chi connectivity index (χ3n) is 6.24. The van der Waals surface area contributed by atoms with E-state index in [0.29, 0.717) is 37.7 Å². The van der Waals surface area contributed by atoms with Gasteiger partial charge in [0.1, 0.15) is 5.82 Å². The number of fused-ring (bicyclic) bond motifs is 1. The molecule has 2 N–H and O–H groups in total. The van der Waals surface area contributed by atoms with Gasteiger partial charge in [-0.3, -0.25) is 4.79 Å². The molecule has 1 unspecified atom stereocenters. The number of benzodiazepines with no additional fused rings is 1. The summed E-state index contributed by atoms with van der Waals surface area (Å²) in [6.45, 7) is 1.28. The normalized spacial score (nSPS) is 17.5. The third-order valence-corrected chi connectivity index (χ3v) is 6.24. The van der Waals surface area contributed by atoms with Gasteiger partial charge in [0.2, 0.25) is 12.0 Å². The Kier molecular flexibility index (Phi) is 6.59. The SMILES string of the molecule is O=C1Nc2ccccc2C(c2ccccc2)=NC1Nc1nnc(-c2cnc(C(F)(F)F)nc2N2CCOCC2)o1. The second-order valence-corrected chi connectivity index (χ2v) is 8.87. The van der Waals surface area contributed by atoms with Crippen LogP contribution in [0, 0.1) is 0 Å². The first-order chi connectivity index (χ1) is 19.4. The molecule has 14 heteroatoms. The summed E-state index contributed by atoms with van der Waals surface area (Å²) in [5.41, 5.74) is 2.79. The van der Waals surface area contributed by atoms with Crippen LogP contribution in [-0.4, -0.2) is 64.3 Å². The zero-order valence-electron chi connectivity index (χ0n) is 20.7. The molecule has 2 aliphatic rings. The minimum absolute atomic E-state index is 0.00660. The van der Waals surface area contributed by atoms with Crippen LogP contribution in [0.2, 0.25) is 0 Å². The van der Waals surface area contributed by atoms with Crippen molar-refractivity contribution in [3.05, 3.63) is 77.7 Å². The fraction of sp³-hybridized carbons (Fsp3) is 0.231. The highest BCUT2D eigenvalue weighted by atomic mass is 19.4. The topological polar surface area (TPSA) is 131 Å². The van der Waals surface area contributed by atoms with Gasteiger partial charge in [-0.2, -0.15) is 13.2 Å². The first-order valence-corrected chi connectivity index (χ1v) is 12.3. The Hall–Kier alpha value is -4.85. The first-order valence-electron chi connectivity index (χ1n) is 12.3. The van der Waals surface area contributed by atoms with E-state index < -0.39 is 24.1 Å². The molecule has 6 rings (SSSR count). The summed E-state index contributed by atoms with van der Waals surface area (Å²) in [5, 5.41) is 13.6. The Morgan fingerprint density at radius 1 is 0.975 bits per heavy atom. The molecule has 4 heterocycles. The van der Waals surface area contributed by atoms with Crippen molar-refractivity contribution in [3.8, 4) is 11.5 Å². The highest BCUT2D eigenvalue weighted by molar-refractivity contribution is 6.19. The minimum atomic E-state index is -4.74. The highest BCUT2D eigenvalue weighted by Gasteiger charge is 2.37. The molecule has 40 heavy (non-hydrogen) atoms.